The molecule has 5 aromatic rings. The average Bonchev–Trinajstić information content (AvgIpc) is 3.06. The monoisotopic (exact) mass is 353 g/mol. The molecule has 4 heteroatoms. The Bertz CT molecular complexity index is 1240. The number of hydrogen-bond acceptors (Lipinski definition) is 4. The maximum absolute atomic E-state index is 4.73. The average molecular weight is 353 g/mol. The number of hydrogen-bond donors (Lipinski definition) is 0. The molecular formula is C22H15N3S. The van der Waals surface area contributed by atoms with Crippen molar-refractivity contribution in [2.75, 3.05) is 0 Å². The van der Waals surface area contributed by atoms with Gasteiger partial charge in [0.2, 0.25) is 0 Å². The summed E-state index contributed by atoms with van der Waals surface area (Å²) in [4.78, 5) is 13.8. The third-order valence-electron chi connectivity index (χ3n) is 4.41. The highest BCUT2D eigenvalue weighted by atomic mass is 32.1. The van der Waals surface area contributed by atoms with Crippen LogP contribution in [0.4, 0.5) is 0 Å². The van der Waals surface area contributed by atoms with E-state index in [2.05, 4.69) is 52.4 Å². The van der Waals surface area contributed by atoms with Gasteiger partial charge >= 0.3 is 0 Å². The molecule has 0 unspecified atom stereocenters. The third-order valence-corrected chi connectivity index (χ3v) is 5.57. The van der Waals surface area contributed by atoms with Crippen LogP contribution in [0.2, 0.25) is 0 Å². The van der Waals surface area contributed by atoms with E-state index in [4.69, 9.17) is 4.98 Å². The van der Waals surface area contributed by atoms with Gasteiger partial charge in [0.1, 0.15) is 5.82 Å². The Morgan fingerprint density at radius 3 is 2.15 bits per heavy atom. The van der Waals surface area contributed by atoms with Crippen LogP contribution in [0.25, 0.3) is 42.9 Å². The summed E-state index contributed by atoms with van der Waals surface area (Å²) in [5, 5.41) is 2.53. The minimum absolute atomic E-state index is 0.711. The van der Waals surface area contributed by atoms with E-state index in [1.807, 2.05) is 48.6 Å². The summed E-state index contributed by atoms with van der Waals surface area (Å²) in [6.45, 7) is 1.91. The van der Waals surface area contributed by atoms with E-state index in [-0.39, 0.29) is 0 Å². The Labute approximate surface area is 155 Å². The third kappa shape index (κ3) is 2.55. The fraction of sp³-hybridized carbons (Fsp3) is 0.0455. The lowest BCUT2D eigenvalue weighted by Crippen LogP contribution is -1.99. The predicted molar refractivity (Wildman–Crippen MR) is 108 cm³/mol. The van der Waals surface area contributed by atoms with E-state index in [0.717, 1.165) is 17.0 Å². The van der Waals surface area contributed by atoms with Crippen molar-refractivity contribution in [2.24, 2.45) is 0 Å². The second-order valence-electron chi connectivity index (χ2n) is 6.21. The fourth-order valence-corrected chi connectivity index (χ4v) is 4.28. The van der Waals surface area contributed by atoms with E-state index in [1.165, 1.54) is 20.2 Å². The van der Waals surface area contributed by atoms with Crippen LogP contribution < -0.4 is 0 Å². The lowest BCUT2D eigenvalue weighted by Gasteiger charge is -2.06. The molecule has 26 heavy (non-hydrogen) atoms. The lowest BCUT2D eigenvalue weighted by atomic mass is 10.1. The van der Waals surface area contributed by atoms with Crippen molar-refractivity contribution in [1.29, 1.82) is 0 Å². The van der Waals surface area contributed by atoms with E-state index < -0.39 is 0 Å². The maximum Gasteiger partial charge on any atom is 0.163 e. The van der Waals surface area contributed by atoms with Gasteiger partial charge in [-0.25, -0.2) is 15.0 Å². The first kappa shape index (κ1) is 15.2. The first-order valence-electron chi connectivity index (χ1n) is 8.48. The molecule has 2 aromatic heterocycles. The fourth-order valence-electron chi connectivity index (χ4n) is 3.19. The van der Waals surface area contributed by atoms with Crippen molar-refractivity contribution in [2.45, 2.75) is 6.92 Å². The van der Waals surface area contributed by atoms with Gasteiger partial charge in [0.05, 0.1) is 0 Å². The van der Waals surface area contributed by atoms with Crippen LogP contribution in [0.15, 0.2) is 72.8 Å². The van der Waals surface area contributed by atoms with Gasteiger partial charge in [0.25, 0.3) is 0 Å². The second kappa shape index (κ2) is 6.00. The zero-order valence-electron chi connectivity index (χ0n) is 14.2. The zero-order chi connectivity index (χ0) is 17.5. The van der Waals surface area contributed by atoms with Crippen LogP contribution in [0.5, 0.6) is 0 Å². The molecular weight excluding hydrogens is 338 g/mol. The SMILES string of the molecule is Cc1nc(-c2ccccc2)nc(-c2ccc3sc4ccccc4c3c2)n1. The highest BCUT2D eigenvalue weighted by Gasteiger charge is 2.11. The molecule has 0 saturated carbocycles. The van der Waals surface area contributed by atoms with Gasteiger partial charge in [-0.15, -0.1) is 11.3 Å². The first-order valence-corrected chi connectivity index (χ1v) is 9.29. The summed E-state index contributed by atoms with van der Waals surface area (Å²) in [5.74, 6) is 2.15. The van der Waals surface area contributed by atoms with Crippen molar-refractivity contribution in [3.63, 3.8) is 0 Å². The molecule has 2 heterocycles. The molecule has 3 aromatic carbocycles. The highest BCUT2D eigenvalue weighted by molar-refractivity contribution is 7.25. The van der Waals surface area contributed by atoms with Gasteiger partial charge in [-0.3, -0.25) is 0 Å². The van der Waals surface area contributed by atoms with Gasteiger partial charge < -0.3 is 0 Å². The summed E-state index contributed by atoms with van der Waals surface area (Å²) < 4.78 is 2.58. The van der Waals surface area contributed by atoms with Crippen molar-refractivity contribution >= 4 is 31.5 Å². The summed E-state index contributed by atoms with van der Waals surface area (Å²) in [5.41, 5.74) is 2.02. The van der Waals surface area contributed by atoms with Gasteiger partial charge in [0.15, 0.2) is 11.6 Å². The summed E-state index contributed by atoms with van der Waals surface area (Å²) in [6, 6.07) is 25.0. The van der Waals surface area contributed by atoms with Crippen LogP contribution in [0.1, 0.15) is 5.82 Å². The molecule has 0 aliphatic heterocycles. The molecule has 3 nitrogen and oxygen atoms in total. The molecule has 0 radical (unpaired) electrons. The number of aryl methyl sites for hydroxylation is 1. The van der Waals surface area contributed by atoms with E-state index >= 15 is 0 Å². The van der Waals surface area contributed by atoms with E-state index in [0.29, 0.717) is 11.6 Å². The Balaban J connectivity index is 1.70. The summed E-state index contributed by atoms with van der Waals surface area (Å²) in [7, 11) is 0. The van der Waals surface area contributed by atoms with Crippen molar-refractivity contribution < 1.29 is 0 Å². The van der Waals surface area contributed by atoms with Crippen LogP contribution >= 0.6 is 11.3 Å². The number of fused-ring (bicyclic) bond motifs is 3. The van der Waals surface area contributed by atoms with Crippen LogP contribution in [0.3, 0.4) is 0 Å². The molecule has 0 fully saturated rings. The van der Waals surface area contributed by atoms with Crippen LogP contribution in [-0.4, -0.2) is 15.0 Å². The zero-order valence-corrected chi connectivity index (χ0v) is 15.0. The molecule has 0 aliphatic rings. The summed E-state index contributed by atoms with van der Waals surface area (Å²) in [6.07, 6.45) is 0. The lowest BCUT2D eigenvalue weighted by molar-refractivity contribution is 0.992. The van der Waals surface area contributed by atoms with Crippen molar-refractivity contribution in [3.05, 3.63) is 78.6 Å². The molecule has 0 aliphatic carbocycles. The van der Waals surface area contributed by atoms with E-state index in [9.17, 15) is 0 Å². The van der Waals surface area contributed by atoms with Gasteiger partial charge in [-0.2, -0.15) is 0 Å². The minimum Gasteiger partial charge on any atom is -0.213 e. The molecule has 0 spiro atoms. The molecule has 0 atom stereocenters. The predicted octanol–water partition coefficient (Wildman–Crippen LogP) is 5.88. The number of nitrogens with zero attached hydrogens (tertiary/aromatic N) is 3. The summed E-state index contributed by atoms with van der Waals surface area (Å²) >= 11 is 1.82. The number of aromatic nitrogens is 3. The molecule has 0 bridgehead atoms. The second-order valence-corrected chi connectivity index (χ2v) is 7.29. The van der Waals surface area contributed by atoms with Crippen molar-refractivity contribution in [1.82, 2.24) is 15.0 Å². The topological polar surface area (TPSA) is 38.7 Å². The Morgan fingerprint density at radius 1 is 0.615 bits per heavy atom. The standard InChI is InChI=1S/C22H15N3S/c1-14-23-21(15-7-3-2-4-8-15)25-22(24-14)16-11-12-20-18(13-16)17-9-5-6-10-19(17)26-20/h2-13H,1H3. The van der Waals surface area contributed by atoms with Gasteiger partial charge in [-0.05, 0) is 31.2 Å². The smallest absolute Gasteiger partial charge is 0.163 e. The molecule has 124 valence electrons. The first-order chi connectivity index (χ1) is 12.8. The van der Waals surface area contributed by atoms with Gasteiger partial charge in [-0.1, -0.05) is 48.5 Å². The Kier molecular flexibility index (Phi) is 3.50. The highest BCUT2D eigenvalue weighted by Crippen LogP contribution is 2.35. The van der Waals surface area contributed by atoms with Crippen molar-refractivity contribution in [3.8, 4) is 22.8 Å². The largest absolute Gasteiger partial charge is 0.213 e. The molecule has 0 N–H and O–H groups in total. The Morgan fingerprint density at radius 2 is 1.31 bits per heavy atom. The molecule has 5 rings (SSSR count). The van der Waals surface area contributed by atoms with Gasteiger partial charge in [0, 0.05) is 31.3 Å². The quantitative estimate of drug-likeness (QED) is 0.398. The minimum atomic E-state index is 0.711. The Hall–Kier alpha value is -3.11. The maximum atomic E-state index is 4.73. The number of benzene rings is 3. The van der Waals surface area contributed by atoms with Crippen LogP contribution in [-0.2, 0) is 0 Å². The molecule has 0 amide bonds. The normalized spacial score (nSPS) is 11.3. The molecule has 0 saturated heterocycles. The van der Waals surface area contributed by atoms with E-state index in [1.54, 1.807) is 0 Å². The van der Waals surface area contributed by atoms with Crippen LogP contribution in [0, 0.1) is 6.92 Å². The number of thiophene rings is 1. The number of rotatable bonds is 2.